The highest BCUT2D eigenvalue weighted by Gasteiger charge is 2.48. The number of carbonyl (C=O) groups excluding carboxylic acids is 1. The van der Waals surface area contributed by atoms with Crippen molar-refractivity contribution >= 4 is 11.9 Å². The van der Waals surface area contributed by atoms with Crippen LogP contribution in [0.3, 0.4) is 0 Å². The van der Waals surface area contributed by atoms with E-state index in [4.69, 9.17) is 14.9 Å². The van der Waals surface area contributed by atoms with E-state index in [9.17, 15) is 4.79 Å². The third-order valence-corrected chi connectivity index (χ3v) is 2.02. The van der Waals surface area contributed by atoms with Gasteiger partial charge in [-0.05, 0) is 20.3 Å². The van der Waals surface area contributed by atoms with Crippen LogP contribution in [0, 0.1) is 17.2 Å². The Morgan fingerprint density at radius 3 is 2.46 bits per heavy atom. The molecular weight excluding hydrogens is 170 g/mol. The first-order valence-corrected chi connectivity index (χ1v) is 4.58. The minimum atomic E-state index is -0.197. The fraction of sp³-hybridized carbons (Fsp3) is 0.778. The molecule has 4 heteroatoms. The number of nitrogens with one attached hydrogen (secondary N) is 1. The zero-order chi connectivity index (χ0) is 9.84. The topological polar surface area (TPSA) is 59.4 Å². The van der Waals surface area contributed by atoms with Gasteiger partial charge in [-0.3, -0.25) is 10.2 Å². The Hall–Kier alpha value is -1.06. The normalized spacial score (nSPS) is 25.1. The molecule has 4 nitrogen and oxygen atoms in total. The third kappa shape index (κ3) is 2.44. The van der Waals surface area contributed by atoms with Gasteiger partial charge in [-0.25, -0.2) is 0 Å². The number of carbonyl (C=O) groups is 1. The second kappa shape index (κ2) is 4.25. The summed E-state index contributed by atoms with van der Waals surface area (Å²) in [5.74, 6) is -0.129. The second-order valence-electron chi connectivity index (χ2n) is 3.00. The molecule has 0 aromatic rings. The Bertz CT molecular complexity index is 193. The third-order valence-electron chi connectivity index (χ3n) is 2.02. The minimum absolute atomic E-state index is 0.0287. The number of rotatable bonds is 4. The van der Waals surface area contributed by atoms with Crippen LogP contribution < -0.4 is 0 Å². The predicted octanol–water partition coefficient (Wildman–Crippen LogP) is 1.20. The van der Waals surface area contributed by atoms with Crippen molar-refractivity contribution in [2.75, 3.05) is 13.2 Å². The van der Waals surface area contributed by atoms with Gasteiger partial charge in [-0.1, -0.05) is 0 Å². The molecule has 0 heterocycles. The van der Waals surface area contributed by atoms with Gasteiger partial charge < -0.3 is 9.47 Å². The van der Waals surface area contributed by atoms with E-state index in [0.717, 1.165) is 0 Å². The van der Waals surface area contributed by atoms with Crippen LogP contribution in [0.2, 0.25) is 0 Å². The lowest BCUT2D eigenvalue weighted by molar-refractivity contribution is -0.144. The van der Waals surface area contributed by atoms with Crippen molar-refractivity contribution in [3.8, 4) is 0 Å². The van der Waals surface area contributed by atoms with Crippen LogP contribution in [0.15, 0.2) is 0 Å². The standard InChI is InChI=1S/C9H15NO3/c1-3-12-8(10)6-5-7(6)9(11)13-4-2/h6-7,10H,3-5H2,1-2H3/t6-,7+/m1/s1. The maximum absolute atomic E-state index is 11.1. The SMILES string of the molecule is CCOC(=N)[C@@H]1C[C@@H]1C(=O)OCC. The lowest BCUT2D eigenvalue weighted by atomic mass is 10.3. The van der Waals surface area contributed by atoms with E-state index in [1.807, 2.05) is 6.92 Å². The summed E-state index contributed by atoms with van der Waals surface area (Å²) in [5, 5.41) is 7.43. The van der Waals surface area contributed by atoms with Crippen molar-refractivity contribution in [2.45, 2.75) is 20.3 Å². The molecule has 0 bridgehead atoms. The van der Waals surface area contributed by atoms with Crippen molar-refractivity contribution in [3.63, 3.8) is 0 Å². The Morgan fingerprint density at radius 2 is 1.92 bits per heavy atom. The summed E-state index contributed by atoms with van der Waals surface area (Å²) in [5.41, 5.74) is 0. The van der Waals surface area contributed by atoms with Crippen molar-refractivity contribution in [3.05, 3.63) is 0 Å². The molecule has 1 aliphatic rings. The quantitative estimate of drug-likeness (QED) is 0.406. The van der Waals surface area contributed by atoms with Crippen LogP contribution in [0.5, 0.6) is 0 Å². The summed E-state index contributed by atoms with van der Waals surface area (Å²) >= 11 is 0. The lowest BCUT2D eigenvalue weighted by Gasteiger charge is -2.03. The number of hydrogen-bond acceptors (Lipinski definition) is 4. The molecule has 1 aliphatic carbocycles. The highest BCUT2D eigenvalue weighted by Crippen LogP contribution is 2.40. The van der Waals surface area contributed by atoms with E-state index in [0.29, 0.717) is 19.6 Å². The van der Waals surface area contributed by atoms with Crippen molar-refractivity contribution in [1.29, 1.82) is 5.41 Å². The summed E-state index contributed by atoms with van der Waals surface area (Å²) in [7, 11) is 0. The van der Waals surface area contributed by atoms with E-state index in [2.05, 4.69) is 0 Å². The van der Waals surface area contributed by atoms with E-state index < -0.39 is 0 Å². The van der Waals surface area contributed by atoms with Gasteiger partial charge in [0.15, 0.2) is 5.90 Å². The first kappa shape index (κ1) is 10.0. The molecule has 0 saturated heterocycles. The Labute approximate surface area is 77.7 Å². The van der Waals surface area contributed by atoms with Gasteiger partial charge in [0.25, 0.3) is 0 Å². The van der Waals surface area contributed by atoms with Gasteiger partial charge in [0.2, 0.25) is 0 Å². The summed E-state index contributed by atoms with van der Waals surface area (Å²) < 4.78 is 9.83. The van der Waals surface area contributed by atoms with E-state index >= 15 is 0 Å². The van der Waals surface area contributed by atoms with Gasteiger partial charge in [0, 0.05) is 5.92 Å². The van der Waals surface area contributed by atoms with E-state index in [-0.39, 0.29) is 23.7 Å². The summed E-state index contributed by atoms with van der Waals surface area (Å²) in [6.07, 6.45) is 0.706. The molecule has 0 unspecified atom stereocenters. The molecule has 0 aromatic heterocycles. The number of hydrogen-bond donors (Lipinski definition) is 1. The largest absolute Gasteiger partial charge is 0.481 e. The van der Waals surface area contributed by atoms with Crippen LogP contribution >= 0.6 is 0 Å². The number of ether oxygens (including phenoxy) is 2. The maximum atomic E-state index is 11.1. The van der Waals surface area contributed by atoms with Crippen molar-refractivity contribution in [1.82, 2.24) is 0 Å². The maximum Gasteiger partial charge on any atom is 0.309 e. The molecule has 1 N–H and O–H groups in total. The minimum Gasteiger partial charge on any atom is -0.481 e. The van der Waals surface area contributed by atoms with Gasteiger partial charge >= 0.3 is 5.97 Å². The average Bonchev–Trinajstić information content (AvgIpc) is 2.84. The second-order valence-corrected chi connectivity index (χ2v) is 3.00. The fourth-order valence-electron chi connectivity index (χ4n) is 1.26. The Balaban J connectivity index is 2.29. The zero-order valence-electron chi connectivity index (χ0n) is 8.00. The first-order chi connectivity index (χ1) is 6.20. The summed E-state index contributed by atoms with van der Waals surface area (Å²) in [4.78, 5) is 11.1. The molecule has 13 heavy (non-hydrogen) atoms. The molecule has 1 rings (SSSR count). The molecule has 0 aromatic carbocycles. The van der Waals surface area contributed by atoms with Crippen LogP contribution in [0.1, 0.15) is 20.3 Å². The molecular formula is C9H15NO3. The monoisotopic (exact) mass is 185 g/mol. The molecule has 0 radical (unpaired) electrons. The van der Waals surface area contributed by atoms with Crippen LogP contribution in [-0.4, -0.2) is 25.1 Å². The van der Waals surface area contributed by atoms with Gasteiger partial charge in [0.1, 0.15) is 0 Å². The molecule has 74 valence electrons. The molecule has 2 atom stereocenters. The van der Waals surface area contributed by atoms with Gasteiger partial charge in [0.05, 0.1) is 19.1 Å². The molecule has 0 spiro atoms. The van der Waals surface area contributed by atoms with Crippen molar-refractivity contribution < 1.29 is 14.3 Å². The predicted molar refractivity (Wildman–Crippen MR) is 47.6 cm³/mol. The van der Waals surface area contributed by atoms with Crippen molar-refractivity contribution in [2.24, 2.45) is 11.8 Å². The highest BCUT2D eigenvalue weighted by atomic mass is 16.5. The smallest absolute Gasteiger partial charge is 0.309 e. The Morgan fingerprint density at radius 1 is 1.31 bits per heavy atom. The van der Waals surface area contributed by atoms with E-state index in [1.165, 1.54) is 0 Å². The molecule has 1 saturated carbocycles. The molecule has 0 aliphatic heterocycles. The summed E-state index contributed by atoms with van der Waals surface area (Å²) in [6.45, 7) is 4.51. The van der Waals surface area contributed by atoms with Crippen LogP contribution in [-0.2, 0) is 14.3 Å². The van der Waals surface area contributed by atoms with Crippen LogP contribution in [0.4, 0.5) is 0 Å². The Kier molecular flexibility index (Phi) is 3.28. The van der Waals surface area contributed by atoms with Gasteiger partial charge in [-0.15, -0.1) is 0 Å². The average molecular weight is 185 g/mol. The first-order valence-electron chi connectivity index (χ1n) is 4.58. The molecule has 0 amide bonds. The lowest BCUT2D eigenvalue weighted by Crippen LogP contribution is -2.13. The zero-order valence-corrected chi connectivity index (χ0v) is 8.00. The summed E-state index contributed by atoms with van der Waals surface area (Å²) in [6, 6.07) is 0. The van der Waals surface area contributed by atoms with Crippen LogP contribution in [0.25, 0.3) is 0 Å². The molecule has 1 fully saturated rings. The van der Waals surface area contributed by atoms with E-state index in [1.54, 1.807) is 6.92 Å². The number of esters is 1. The van der Waals surface area contributed by atoms with Gasteiger partial charge in [-0.2, -0.15) is 0 Å². The highest BCUT2D eigenvalue weighted by molar-refractivity contribution is 5.88. The fourth-order valence-corrected chi connectivity index (χ4v) is 1.26.